The monoisotopic (exact) mass is 298 g/mol. The standard InChI is InChI=1S/C12H8Cl2N2O3/c13-7-9(15)8(14)11(16-10(7)12(17)18)19-6-4-2-1-3-5-6/h1-5H,(H2,15,16)(H,17,18). The fourth-order valence-electron chi connectivity index (χ4n) is 1.35. The first-order valence-corrected chi connectivity index (χ1v) is 5.87. The number of carboxylic acid groups (broad SMARTS) is 1. The summed E-state index contributed by atoms with van der Waals surface area (Å²) in [6, 6.07) is 8.65. The smallest absolute Gasteiger partial charge is 0.356 e. The first-order chi connectivity index (χ1) is 9.00. The number of nitrogens with two attached hydrogens (primary N) is 1. The molecule has 0 aliphatic heterocycles. The van der Waals surface area contributed by atoms with E-state index in [-0.39, 0.29) is 21.6 Å². The highest BCUT2D eigenvalue weighted by Gasteiger charge is 2.21. The van der Waals surface area contributed by atoms with E-state index in [2.05, 4.69) is 4.98 Å². The van der Waals surface area contributed by atoms with Crippen molar-refractivity contribution >= 4 is 34.9 Å². The minimum atomic E-state index is -1.31. The number of pyridine rings is 1. The van der Waals surface area contributed by atoms with Crippen LogP contribution >= 0.6 is 23.2 Å². The Morgan fingerprint density at radius 3 is 2.42 bits per heavy atom. The molecule has 0 unspecified atom stereocenters. The van der Waals surface area contributed by atoms with Crippen LogP contribution in [0.1, 0.15) is 10.5 Å². The molecule has 5 nitrogen and oxygen atoms in total. The molecule has 2 aromatic rings. The lowest BCUT2D eigenvalue weighted by molar-refractivity contribution is 0.0690. The quantitative estimate of drug-likeness (QED) is 0.906. The molecule has 0 saturated heterocycles. The van der Waals surface area contributed by atoms with Gasteiger partial charge in [-0.3, -0.25) is 0 Å². The van der Waals surface area contributed by atoms with Gasteiger partial charge in [0, 0.05) is 0 Å². The van der Waals surface area contributed by atoms with Gasteiger partial charge in [0.25, 0.3) is 0 Å². The van der Waals surface area contributed by atoms with Gasteiger partial charge in [0.15, 0.2) is 5.69 Å². The molecule has 19 heavy (non-hydrogen) atoms. The van der Waals surface area contributed by atoms with Gasteiger partial charge in [-0.2, -0.15) is 0 Å². The number of para-hydroxylation sites is 1. The number of hydrogen-bond acceptors (Lipinski definition) is 4. The van der Waals surface area contributed by atoms with Crippen molar-refractivity contribution in [1.82, 2.24) is 4.98 Å². The zero-order valence-corrected chi connectivity index (χ0v) is 10.9. The van der Waals surface area contributed by atoms with Gasteiger partial charge in [0.05, 0.1) is 10.7 Å². The van der Waals surface area contributed by atoms with Crippen LogP contribution in [0, 0.1) is 0 Å². The Morgan fingerprint density at radius 1 is 1.21 bits per heavy atom. The third-order valence-corrected chi connectivity index (χ3v) is 2.99. The van der Waals surface area contributed by atoms with Crippen molar-refractivity contribution in [2.75, 3.05) is 5.73 Å². The minimum absolute atomic E-state index is 0.0288. The average molecular weight is 299 g/mol. The third kappa shape index (κ3) is 2.72. The van der Waals surface area contributed by atoms with Crippen LogP contribution in [0.3, 0.4) is 0 Å². The number of benzene rings is 1. The Labute approximate surface area is 118 Å². The number of halogens is 2. The topological polar surface area (TPSA) is 85.4 Å². The summed E-state index contributed by atoms with van der Waals surface area (Å²) in [7, 11) is 0. The summed E-state index contributed by atoms with van der Waals surface area (Å²) < 4.78 is 5.39. The summed E-state index contributed by atoms with van der Waals surface area (Å²) in [6.45, 7) is 0. The molecule has 0 fully saturated rings. The lowest BCUT2D eigenvalue weighted by Gasteiger charge is -2.10. The van der Waals surface area contributed by atoms with Gasteiger partial charge in [0.1, 0.15) is 10.8 Å². The molecule has 1 aromatic carbocycles. The van der Waals surface area contributed by atoms with Crippen molar-refractivity contribution in [3.05, 3.63) is 46.1 Å². The summed E-state index contributed by atoms with van der Waals surface area (Å²) in [5.74, 6) is -0.964. The molecule has 0 atom stereocenters. The predicted molar refractivity (Wildman–Crippen MR) is 72.1 cm³/mol. The van der Waals surface area contributed by atoms with Gasteiger partial charge in [0.2, 0.25) is 5.88 Å². The largest absolute Gasteiger partial charge is 0.476 e. The number of aromatic nitrogens is 1. The Bertz CT molecular complexity index is 633. The molecule has 0 aliphatic carbocycles. The summed E-state index contributed by atoms with van der Waals surface area (Å²) in [6.07, 6.45) is 0. The Hall–Kier alpha value is -1.98. The van der Waals surface area contributed by atoms with E-state index in [1.807, 2.05) is 0 Å². The lowest BCUT2D eigenvalue weighted by atomic mass is 10.3. The van der Waals surface area contributed by atoms with Crippen LogP contribution in [-0.2, 0) is 0 Å². The van der Waals surface area contributed by atoms with E-state index < -0.39 is 11.7 Å². The number of carboxylic acids is 1. The second kappa shape index (κ2) is 5.34. The van der Waals surface area contributed by atoms with Gasteiger partial charge in [-0.25, -0.2) is 9.78 Å². The van der Waals surface area contributed by atoms with Gasteiger partial charge in [-0.05, 0) is 12.1 Å². The van der Waals surface area contributed by atoms with Crippen LogP contribution in [0.4, 0.5) is 5.69 Å². The molecule has 2 rings (SSSR count). The SMILES string of the molecule is Nc1c(Cl)c(Oc2ccccc2)nc(C(=O)O)c1Cl. The molecule has 3 N–H and O–H groups in total. The van der Waals surface area contributed by atoms with Crippen LogP contribution in [0.15, 0.2) is 30.3 Å². The van der Waals surface area contributed by atoms with E-state index in [1.54, 1.807) is 30.3 Å². The van der Waals surface area contributed by atoms with E-state index in [0.29, 0.717) is 5.75 Å². The van der Waals surface area contributed by atoms with Gasteiger partial charge >= 0.3 is 5.97 Å². The summed E-state index contributed by atoms with van der Waals surface area (Å²) in [5.41, 5.74) is 5.14. The highest BCUT2D eigenvalue weighted by molar-refractivity contribution is 6.41. The van der Waals surface area contributed by atoms with Crippen molar-refractivity contribution in [3.8, 4) is 11.6 Å². The highest BCUT2D eigenvalue weighted by atomic mass is 35.5. The molecule has 7 heteroatoms. The molecule has 0 spiro atoms. The summed E-state index contributed by atoms with van der Waals surface area (Å²) in [4.78, 5) is 14.8. The first kappa shape index (κ1) is 13.5. The van der Waals surface area contributed by atoms with Crippen molar-refractivity contribution < 1.29 is 14.6 Å². The maximum atomic E-state index is 11.0. The second-order valence-corrected chi connectivity index (χ2v) is 4.28. The van der Waals surface area contributed by atoms with Gasteiger partial charge < -0.3 is 15.6 Å². The number of carbonyl (C=O) groups is 1. The molecular weight excluding hydrogens is 291 g/mol. The van der Waals surface area contributed by atoms with Crippen LogP contribution in [0.5, 0.6) is 11.6 Å². The van der Waals surface area contributed by atoms with E-state index >= 15 is 0 Å². The van der Waals surface area contributed by atoms with Crippen LogP contribution in [-0.4, -0.2) is 16.1 Å². The number of aromatic carboxylic acids is 1. The van der Waals surface area contributed by atoms with Crippen molar-refractivity contribution in [2.45, 2.75) is 0 Å². The molecule has 98 valence electrons. The molecule has 0 radical (unpaired) electrons. The van der Waals surface area contributed by atoms with Crippen LogP contribution in [0.2, 0.25) is 10.0 Å². The zero-order valence-electron chi connectivity index (χ0n) is 9.43. The number of rotatable bonds is 3. The molecule has 0 saturated carbocycles. The van der Waals surface area contributed by atoms with Crippen LogP contribution < -0.4 is 10.5 Å². The van der Waals surface area contributed by atoms with E-state index in [4.69, 9.17) is 38.8 Å². The number of anilines is 1. The normalized spacial score (nSPS) is 10.2. The van der Waals surface area contributed by atoms with Crippen molar-refractivity contribution in [3.63, 3.8) is 0 Å². The highest BCUT2D eigenvalue weighted by Crippen LogP contribution is 2.37. The van der Waals surface area contributed by atoms with Gasteiger partial charge in [-0.15, -0.1) is 0 Å². The maximum absolute atomic E-state index is 11.0. The van der Waals surface area contributed by atoms with E-state index in [9.17, 15) is 4.79 Å². The third-order valence-electron chi connectivity index (χ3n) is 2.24. The minimum Gasteiger partial charge on any atom is -0.476 e. The number of ether oxygens (including phenoxy) is 1. The molecule has 0 bridgehead atoms. The molecule has 0 amide bonds. The molecule has 1 heterocycles. The predicted octanol–water partition coefficient (Wildman–Crippen LogP) is 3.46. The Morgan fingerprint density at radius 2 is 1.84 bits per heavy atom. The number of nitrogens with zero attached hydrogens (tertiary/aromatic N) is 1. The Balaban J connectivity index is 2.49. The second-order valence-electron chi connectivity index (χ2n) is 3.53. The fourth-order valence-corrected chi connectivity index (χ4v) is 1.79. The van der Waals surface area contributed by atoms with Gasteiger partial charge in [-0.1, -0.05) is 41.4 Å². The average Bonchev–Trinajstić information content (AvgIpc) is 2.40. The van der Waals surface area contributed by atoms with E-state index in [0.717, 1.165) is 0 Å². The maximum Gasteiger partial charge on any atom is 0.356 e. The lowest BCUT2D eigenvalue weighted by Crippen LogP contribution is -2.06. The molecule has 1 aromatic heterocycles. The fraction of sp³-hybridized carbons (Fsp3) is 0. The van der Waals surface area contributed by atoms with Crippen molar-refractivity contribution in [2.24, 2.45) is 0 Å². The molecular formula is C12H8Cl2N2O3. The Kier molecular flexibility index (Phi) is 3.78. The van der Waals surface area contributed by atoms with E-state index in [1.165, 1.54) is 0 Å². The van der Waals surface area contributed by atoms with Crippen LogP contribution in [0.25, 0.3) is 0 Å². The number of nitrogen functional groups attached to an aromatic ring is 1. The first-order valence-electron chi connectivity index (χ1n) is 5.11. The number of hydrogen-bond donors (Lipinski definition) is 2. The summed E-state index contributed by atoms with van der Waals surface area (Å²) in [5, 5.41) is 8.73. The zero-order chi connectivity index (χ0) is 14.0. The van der Waals surface area contributed by atoms with Crippen molar-refractivity contribution in [1.29, 1.82) is 0 Å². The summed E-state index contributed by atoms with van der Waals surface area (Å²) >= 11 is 11.7. The molecule has 0 aliphatic rings.